The highest BCUT2D eigenvalue weighted by molar-refractivity contribution is 6.02. The van der Waals surface area contributed by atoms with Gasteiger partial charge in [0.2, 0.25) is 0 Å². The van der Waals surface area contributed by atoms with Crippen LogP contribution in [0.4, 0.5) is 0 Å². The Morgan fingerprint density at radius 3 is 2.19 bits per heavy atom. The van der Waals surface area contributed by atoms with Crippen molar-refractivity contribution in [2.75, 3.05) is 13.2 Å². The maximum absolute atomic E-state index is 12.7. The van der Waals surface area contributed by atoms with Gasteiger partial charge in [-0.15, -0.1) is 0 Å². The Labute approximate surface area is 153 Å². The van der Waals surface area contributed by atoms with Crippen LogP contribution in [0.25, 0.3) is 0 Å². The topological polar surface area (TPSA) is 89.9 Å². The van der Waals surface area contributed by atoms with Crippen LogP contribution in [0, 0.1) is 18.8 Å². The number of ketones is 1. The van der Waals surface area contributed by atoms with Crippen LogP contribution < -0.4 is 0 Å². The van der Waals surface area contributed by atoms with Crippen LogP contribution in [-0.4, -0.2) is 41.6 Å². The lowest BCUT2D eigenvalue weighted by atomic mass is 9.61. The lowest BCUT2D eigenvalue weighted by Crippen LogP contribution is -2.55. The van der Waals surface area contributed by atoms with Gasteiger partial charge in [0.05, 0.1) is 24.7 Å². The Morgan fingerprint density at radius 1 is 1.12 bits per heavy atom. The van der Waals surface area contributed by atoms with Gasteiger partial charge in [-0.25, -0.2) is 0 Å². The summed E-state index contributed by atoms with van der Waals surface area (Å²) in [6, 6.07) is 7.22. The zero-order chi connectivity index (χ0) is 19.5. The van der Waals surface area contributed by atoms with Crippen molar-refractivity contribution in [2.24, 2.45) is 11.8 Å². The van der Waals surface area contributed by atoms with Crippen LogP contribution in [0.15, 0.2) is 24.3 Å². The highest BCUT2D eigenvalue weighted by Gasteiger charge is 2.57. The van der Waals surface area contributed by atoms with E-state index in [9.17, 15) is 19.5 Å². The van der Waals surface area contributed by atoms with Gasteiger partial charge in [-0.1, -0.05) is 29.8 Å². The minimum Gasteiger partial charge on any atom is -0.466 e. The SMILES string of the molecule is CCOC(=O)[C@H]1C(=O)C[C@](C)(O)[C@@H](C(=O)OCC)[C@H]1c1ccc(C)cc1. The molecule has 1 saturated carbocycles. The highest BCUT2D eigenvalue weighted by atomic mass is 16.5. The molecule has 1 aliphatic rings. The largest absolute Gasteiger partial charge is 0.466 e. The standard InChI is InChI=1S/C20H26O6/c1-5-25-18(22)16-14(21)11-20(4,24)17(19(23)26-6-2)15(16)13-9-7-12(3)8-10-13/h7-10,15-17,24H,5-6,11H2,1-4H3/t15-,16-,17+,20-/m0/s1. The van der Waals surface area contributed by atoms with Gasteiger partial charge in [0.1, 0.15) is 5.92 Å². The van der Waals surface area contributed by atoms with Crippen molar-refractivity contribution in [1.82, 2.24) is 0 Å². The van der Waals surface area contributed by atoms with Crippen LogP contribution in [0.1, 0.15) is 44.2 Å². The van der Waals surface area contributed by atoms with Gasteiger partial charge in [0.15, 0.2) is 5.78 Å². The summed E-state index contributed by atoms with van der Waals surface area (Å²) in [6.45, 7) is 6.95. The van der Waals surface area contributed by atoms with E-state index < -0.39 is 41.1 Å². The van der Waals surface area contributed by atoms with Gasteiger partial charge in [-0.05, 0) is 33.3 Å². The molecule has 1 aliphatic carbocycles. The number of ether oxygens (including phenoxy) is 2. The molecule has 6 nitrogen and oxygen atoms in total. The fourth-order valence-electron chi connectivity index (χ4n) is 3.67. The number of carbonyl (C=O) groups is 3. The summed E-state index contributed by atoms with van der Waals surface area (Å²) < 4.78 is 10.2. The van der Waals surface area contributed by atoms with Crippen LogP contribution >= 0.6 is 0 Å². The fraction of sp³-hybridized carbons (Fsp3) is 0.550. The lowest BCUT2D eigenvalue weighted by molar-refractivity contribution is -0.172. The number of hydrogen-bond acceptors (Lipinski definition) is 6. The first-order chi connectivity index (χ1) is 12.2. The Kier molecular flexibility index (Phi) is 6.18. The second kappa shape index (κ2) is 7.99. The molecule has 0 amide bonds. The lowest BCUT2D eigenvalue weighted by Gasteiger charge is -2.43. The third-order valence-corrected chi connectivity index (χ3v) is 4.81. The summed E-state index contributed by atoms with van der Waals surface area (Å²) in [5.74, 6) is -4.76. The predicted molar refractivity (Wildman–Crippen MR) is 94.4 cm³/mol. The van der Waals surface area contributed by atoms with Crippen molar-refractivity contribution >= 4 is 17.7 Å². The Balaban J connectivity index is 2.59. The second-order valence-corrected chi connectivity index (χ2v) is 6.90. The molecular formula is C20H26O6. The predicted octanol–water partition coefficient (Wildman–Crippen LogP) is 2.16. The summed E-state index contributed by atoms with van der Waals surface area (Å²) in [5, 5.41) is 10.8. The zero-order valence-electron chi connectivity index (χ0n) is 15.7. The van der Waals surface area contributed by atoms with E-state index in [1.807, 2.05) is 19.1 Å². The summed E-state index contributed by atoms with van der Waals surface area (Å²) >= 11 is 0. The van der Waals surface area contributed by atoms with E-state index in [0.717, 1.165) is 5.56 Å². The molecule has 1 aromatic carbocycles. The molecule has 0 heterocycles. The van der Waals surface area contributed by atoms with Gasteiger partial charge in [-0.2, -0.15) is 0 Å². The van der Waals surface area contributed by atoms with Gasteiger partial charge >= 0.3 is 11.9 Å². The highest BCUT2D eigenvalue weighted by Crippen LogP contribution is 2.46. The van der Waals surface area contributed by atoms with Crippen LogP contribution in [0.5, 0.6) is 0 Å². The number of hydrogen-bond donors (Lipinski definition) is 1. The summed E-state index contributed by atoms with van der Waals surface area (Å²) in [5.41, 5.74) is 0.0186. The van der Waals surface area contributed by atoms with E-state index in [-0.39, 0.29) is 19.6 Å². The van der Waals surface area contributed by atoms with Crippen molar-refractivity contribution < 1.29 is 29.0 Å². The van der Waals surface area contributed by atoms with E-state index in [0.29, 0.717) is 5.56 Å². The van der Waals surface area contributed by atoms with E-state index >= 15 is 0 Å². The van der Waals surface area contributed by atoms with Gasteiger partial charge in [0, 0.05) is 12.3 Å². The van der Waals surface area contributed by atoms with Crippen LogP contribution in [0.2, 0.25) is 0 Å². The average molecular weight is 362 g/mol. The molecule has 0 radical (unpaired) electrons. The maximum Gasteiger partial charge on any atom is 0.317 e. The van der Waals surface area contributed by atoms with Crippen molar-refractivity contribution in [1.29, 1.82) is 0 Å². The summed E-state index contributed by atoms with van der Waals surface area (Å²) in [7, 11) is 0. The average Bonchev–Trinajstić information content (AvgIpc) is 2.54. The van der Waals surface area contributed by atoms with Crippen molar-refractivity contribution in [3.8, 4) is 0 Å². The van der Waals surface area contributed by atoms with Crippen molar-refractivity contribution in [3.05, 3.63) is 35.4 Å². The molecule has 0 saturated heterocycles. The smallest absolute Gasteiger partial charge is 0.317 e. The van der Waals surface area contributed by atoms with Crippen molar-refractivity contribution in [2.45, 2.75) is 45.6 Å². The fourth-order valence-corrected chi connectivity index (χ4v) is 3.67. The molecule has 0 aliphatic heterocycles. The third-order valence-electron chi connectivity index (χ3n) is 4.81. The molecule has 2 rings (SSSR count). The quantitative estimate of drug-likeness (QED) is 0.638. The van der Waals surface area contributed by atoms with Gasteiger partial charge < -0.3 is 14.6 Å². The second-order valence-electron chi connectivity index (χ2n) is 6.90. The minimum atomic E-state index is -1.61. The Hall–Kier alpha value is -2.21. The number of aryl methyl sites for hydroxylation is 1. The molecule has 6 heteroatoms. The molecule has 26 heavy (non-hydrogen) atoms. The Bertz CT molecular complexity index is 676. The molecule has 4 atom stereocenters. The first-order valence-corrected chi connectivity index (χ1v) is 8.87. The first-order valence-electron chi connectivity index (χ1n) is 8.87. The number of Topliss-reactive ketones (excluding diaryl/α,β-unsaturated/α-hetero) is 1. The number of benzene rings is 1. The first kappa shape index (κ1) is 20.1. The Morgan fingerprint density at radius 2 is 1.65 bits per heavy atom. The number of rotatable bonds is 5. The van der Waals surface area contributed by atoms with E-state index in [1.165, 1.54) is 6.92 Å². The normalized spacial score (nSPS) is 28.5. The summed E-state index contributed by atoms with van der Waals surface area (Å²) in [6.07, 6.45) is -0.303. The number of aliphatic hydroxyl groups is 1. The monoisotopic (exact) mass is 362 g/mol. The molecule has 0 bridgehead atoms. The van der Waals surface area contributed by atoms with Crippen molar-refractivity contribution in [3.63, 3.8) is 0 Å². The van der Waals surface area contributed by atoms with E-state index in [2.05, 4.69) is 0 Å². The van der Waals surface area contributed by atoms with E-state index in [4.69, 9.17) is 9.47 Å². The third kappa shape index (κ3) is 3.96. The maximum atomic E-state index is 12.7. The molecule has 142 valence electrons. The molecule has 1 N–H and O–H groups in total. The molecule has 0 aromatic heterocycles. The van der Waals surface area contributed by atoms with Crippen LogP contribution in [-0.2, 0) is 23.9 Å². The van der Waals surface area contributed by atoms with E-state index in [1.54, 1.807) is 26.0 Å². The minimum absolute atomic E-state index is 0.129. The number of carbonyl (C=O) groups excluding carboxylic acids is 3. The molecule has 1 fully saturated rings. The molecule has 1 aromatic rings. The summed E-state index contributed by atoms with van der Waals surface area (Å²) in [4.78, 5) is 37.9. The molecular weight excluding hydrogens is 336 g/mol. The molecule has 0 unspecified atom stereocenters. The molecule has 0 spiro atoms. The van der Waals surface area contributed by atoms with Gasteiger partial charge in [-0.3, -0.25) is 14.4 Å². The van der Waals surface area contributed by atoms with Crippen LogP contribution in [0.3, 0.4) is 0 Å². The zero-order valence-corrected chi connectivity index (χ0v) is 15.7. The van der Waals surface area contributed by atoms with Gasteiger partial charge in [0.25, 0.3) is 0 Å². The number of esters is 2.